The van der Waals surface area contributed by atoms with E-state index in [0.29, 0.717) is 12.0 Å². The maximum absolute atomic E-state index is 13.7. The van der Waals surface area contributed by atoms with Gasteiger partial charge in [-0.15, -0.1) is 11.8 Å². The van der Waals surface area contributed by atoms with Gasteiger partial charge in [-0.1, -0.05) is 18.2 Å². The summed E-state index contributed by atoms with van der Waals surface area (Å²) in [7, 11) is 1.84. The molecule has 1 atom stereocenters. The van der Waals surface area contributed by atoms with E-state index >= 15 is 0 Å². The molecule has 2 aromatic rings. The monoisotopic (exact) mass is 293 g/mol. The predicted octanol–water partition coefficient (Wildman–Crippen LogP) is 4.19. The normalized spacial score (nSPS) is 12.4. The van der Waals surface area contributed by atoms with Gasteiger partial charge in [0.2, 0.25) is 0 Å². The van der Waals surface area contributed by atoms with Crippen LogP contribution in [0.1, 0.15) is 17.2 Å². The molecule has 0 fully saturated rings. The molecule has 0 bridgehead atoms. The average Bonchev–Trinajstić information content (AvgIpc) is 2.47. The van der Waals surface area contributed by atoms with E-state index in [1.807, 2.05) is 37.6 Å². The minimum absolute atomic E-state index is 0.00543. The van der Waals surface area contributed by atoms with Gasteiger partial charge in [0.1, 0.15) is 11.6 Å². The second-order valence-corrected chi connectivity index (χ2v) is 5.43. The van der Waals surface area contributed by atoms with Gasteiger partial charge in [-0.2, -0.15) is 0 Å². The first kappa shape index (κ1) is 15.0. The quantitative estimate of drug-likeness (QED) is 0.830. The number of nitrogens with one attached hydrogen (secondary N) is 1. The van der Waals surface area contributed by atoms with Crippen molar-refractivity contribution in [3.63, 3.8) is 0 Å². The Morgan fingerprint density at radius 2 is 1.80 bits per heavy atom. The zero-order chi connectivity index (χ0) is 14.5. The van der Waals surface area contributed by atoms with Gasteiger partial charge in [0, 0.05) is 17.0 Å². The molecule has 106 valence electrons. The topological polar surface area (TPSA) is 12.0 Å². The predicted molar refractivity (Wildman–Crippen MR) is 80.1 cm³/mol. The third kappa shape index (κ3) is 3.58. The second-order valence-electron chi connectivity index (χ2n) is 4.55. The van der Waals surface area contributed by atoms with Crippen LogP contribution in [-0.4, -0.2) is 13.3 Å². The number of benzene rings is 2. The lowest BCUT2D eigenvalue weighted by atomic mass is 9.98. The van der Waals surface area contributed by atoms with E-state index in [2.05, 4.69) is 5.32 Å². The molecule has 0 aliphatic carbocycles. The highest BCUT2D eigenvalue weighted by atomic mass is 32.2. The minimum atomic E-state index is -0.545. The van der Waals surface area contributed by atoms with Gasteiger partial charge in [0.05, 0.1) is 0 Å². The van der Waals surface area contributed by atoms with Gasteiger partial charge in [-0.3, -0.25) is 0 Å². The van der Waals surface area contributed by atoms with Crippen LogP contribution in [0.3, 0.4) is 0 Å². The summed E-state index contributed by atoms with van der Waals surface area (Å²) in [5, 5.41) is 3.18. The molecule has 0 amide bonds. The number of hydrogen-bond donors (Lipinski definition) is 1. The molecule has 0 heterocycles. The largest absolute Gasteiger partial charge is 0.313 e. The van der Waals surface area contributed by atoms with Crippen LogP contribution in [0.25, 0.3) is 0 Å². The van der Waals surface area contributed by atoms with Crippen molar-refractivity contribution in [3.8, 4) is 0 Å². The first-order chi connectivity index (χ1) is 9.63. The third-order valence-electron chi connectivity index (χ3n) is 3.31. The molecule has 20 heavy (non-hydrogen) atoms. The number of likely N-dealkylation sites (N-methyl/N-ethyl adjacent to an activating group) is 1. The molecule has 1 nitrogen and oxygen atoms in total. The van der Waals surface area contributed by atoms with Gasteiger partial charge in [-0.05, 0) is 49.1 Å². The van der Waals surface area contributed by atoms with Crippen molar-refractivity contribution in [2.75, 3.05) is 13.3 Å². The fraction of sp³-hybridized carbons (Fsp3) is 0.250. The summed E-state index contributed by atoms with van der Waals surface area (Å²) in [6.07, 6.45) is 2.51. The molecule has 0 aliphatic rings. The summed E-state index contributed by atoms with van der Waals surface area (Å²) in [5.74, 6) is -1.04. The lowest BCUT2D eigenvalue weighted by molar-refractivity contribution is 0.540. The van der Waals surface area contributed by atoms with Gasteiger partial charge >= 0.3 is 0 Å². The summed E-state index contributed by atoms with van der Waals surface area (Å²) in [6.45, 7) is 0. The SMILES string of the molecule is CNC(Cc1ccc(F)cc1F)c1ccc(SC)cc1. The van der Waals surface area contributed by atoms with Gasteiger partial charge in [0.15, 0.2) is 0 Å². The van der Waals surface area contributed by atoms with Gasteiger partial charge < -0.3 is 5.32 Å². The molecule has 0 aromatic heterocycles. The third-order valence-corrected chi connectivity index (χ3v) is 4.05. The molecule has 1 N–H and O–H groups in total. The molecule has 2 rings (SSSR count). The molecule has 1 unspecified atom stereocenters. The zero-order valence-corrected chi connectivity index (χ0v) is 12.3. The van der Waals surface area contributed by atoms with Gasteiger partial charge in [0.25, 0.3) is 0 Å². The second kappa shape index (κ2) is 6.86. The molecule has 0 radical (unpaired) electrons. The Morgan fingerprint density at radius 1 is 1.10 bits per heavy atom. The van der Waals surface area contributed by atoms with E-state index in [1.165, 1.54) is 17.0 Å². The minimum Gasteiger partial charge on any atom is -0.313 e. The highest BCUT2D eigenvalue weighted by Crippen LogP contribution is 2.23. The van der Waals surface area contributed by atoms with Crippen molar-refractivity contribution in [3.05, 3.63) is 65.2 Å². The molecule has 0 spiro atoms. The first-order valence-electron chi connectivity index (χ1n) is 6.39. The van der Waals surface area contributed by atoms with E-state index in [9.17, 15) is 8.78 Å². The number of hydrogen-bond acceptors (Lipinski definition) is 2. The van der Waals surface area contributed by atoms with E-state index in [-0.39, 0.29) is 6.04 Å². The molecule has 4 heteroatoms. The van der Waals surface area contributed by atoms with Crippen LogP contribution in [0.4, 0.5) is 8.78 Å². The molecule has 0 aliphatic heterocycles. The number of thioether (sulfide) groups is 1. The maximum Gasteiger partial charge on any atom is 0.129 e. The highest BCUT2D eigenvalue weighted by molar-refractivity contribution is 7.98. The Balaban J connectivity index is 2.19. The Hall–Kier alpha value is -1.39. The number of halogens is 2. The van der Waals surface area contributed by atoms with Crippen molar-refractivity contribution >= 4 is 11.8 Å². The summed E-state index contributed by atoms with van der Waals surface area (Å²) in [4.78, 5) is 1.19. The molecule has 0 saturated heterocycles. The van der Waals surface area contributed by atoms with Crippen molar-refractivity contribution in [1.82, 2.24) is 5.32 Å². The standard InChI is InChI=1S/C16H17F2NS/c1-19-16(11-4-7-14(20-2)8-5-11)9-12-3-6-13(17)10-15(12)18/h3-8,10,16,19H,9H2,1-2H3. The van der Waals surface area contributed by atoms with E-state index < -0.39 is 11.6 Å². The van der Waals surface area contributed by atoms with E-state index in [1.54, 1.807) is 11.8 Å². The Labute approximate surface area is 122 Å². The molecule has 0 saturated carbocycles. The van der Waals surface area contributed by atoms with E-state index in [0.717, 1.165) is 11.6 Å². The van der Waals surface area contributed by atoms with Crippen molar-refractivity contribution in [2.45, 2.75) is 17.4 Å². The summed E-state index contributed by atoms with van der Waals surface area (Å²) >= 11 is 1.68. The van der Waals surface area contributed by atoms with Crippen LogP contribution >= 0.6 is 11.8 Å². The fourth-order valence-electron chi connectivity index (χ4n) is 2.13. The number of rotatable bonds is 5. The van der Waals surface area contributed by atoms with Crippen molar-refractivity contribution in [2.24, 2.45) is 0 Å². The highest BCUT2D eigenvalue weighted by Gasteiger charge is 2.13. The van der Waals surface area contributed by atoms with Crippen LogP contribution in [0.5, 0.6) is 0 Å². The van der Waals surface area contributed by atoms with E-state index in [4.69, 9.17) is 0 Å². The Bertz CT molecular complexity index is 569. The summed E-state index contributed by atoms with van der Waals surface area (Å²) < 4.78 is 26.6. The summed E-state index contributed by atoms with van der Waals surface area (Å²) in [6, 6.07) is 11.9. The Morgan fingerprint density at radius 3 is 2.35 bits per heavy atom. The fourth-order valence-corrected chi connectivity index (χ4v) is 2.54. The lowest BCUT2D eigenvalue weighted by Gasteiger charge is -2.17. The molecule has 2 aromatic carbocycles. The first-order valence-corrected chi connectivity index (χ1v) is 7.61. The summed E-state index contributed by atoms with van der Waals surface area (Å²) in [5.41, 5.74) is 1.61. The lowest BCUT2D eigenvalue weighted by Crippen LogP contribution is -2.19. The molecular weight excluding hydrogens is 276 g/mol. The Kier molecular flexibility index (Phi) is 5.15. The van der Waals surface area contributed by atoms with Gasteiger partial charge in [-0.25, -0.2) is 8.78 Å². The molecular formula is C16H17F2NS. The van der Waals surface area contributed by atoms with Crippen molar-refractivity contribution in [1.29, 1.82) is 0 Å². The van der Waals surface area contributed by atoms with Crippen LogP contribution in [-0.2, 0) is 6.42 Å². The van der Waals surface area contributed by atoms with Crippen LogP contribution in [0, 0.1) is 11.6 Å². The van der Waals surface area contributed by atoms with Crippen molar-refractivity contribution < 1.29 is 8.78 Å². The average molecular weight is 293 g/mol. The smallest absolute Gasteiger partial charge is 0.129 e. The maximum atomic E-state index is 13.7. The zero-order valence-electron chi connectivity index (χ0n) is 11.5. The van der Waals surface area contributed by atoms with Crippen LogP contribution in [0.15, 0.2) is 47.4 Å². The van der Waals surface area contributed by atoms with Crippen LogP contribution < -0.4 is 5.32 Å². The van der Waals surface area contributed by atoms with Crippen LogP contribution in [0.2, 0.25) is 0 Å².